The molecule has 1 atom stereocenters. The van der Waals surface area contributed by atoms with Gasteiger partial charge in [-0.1, -0.05) is 47.3 Å². The number of anilines is 1. The molecule has 1 unspecified atom stereocenters. The smallest absolute Gasteiger partial charge is 0.240 e. The Labute approximate surface area is 144 Å². The van der Waals surface area contributed by atoms with Crippen molar-refractivity contribution in [2.75, 3.05) is 5.32 Å². The van der Waals surface area contributed by atoms with Crippen LogP contribution in [0.5, 0.6) is 0 Å². The Morgan fingerprint density at radius 1 is 1.33 bits per heavy atom. The van der Waals surface area contributed by atoms with Gasteiger partial charge in [0, 0.05) is 13.1 Å². The molecular weight excluding hydrogens is 324 g/mol. The molecule has 0 fully saturated rings. The van der Waals surface area contributed by atoms with Crippen LogP contribution in [-0.2, 0) is 11.8 Å². The number of hydrogen-bond donors (Lipinski definition) is 1. The van der Waals surface area contributed by atoms with Gasteiger partial charge in [-0.05, 0) is 19.4 Å². The Morgan fingerprint density at radius 3 is 2.75 bits per heavy atom. The van der Waals surface area contributed by atoms with E-state index < -0.39 is 0 Å². The molecule has 124 valence electrons. The first kappa shape index (κ1) is 16.3. The molecule has 2 heterocycles. The van der Waals surface area contributed by atoms with Crippen LogP contribution < -0.4 is 5.32 Å². The van der Waals surface area contributed by atoms with E-state index in [1.807, 2.05) is 55.1 Å². The van der Waals surface area contributed by atoms with E-state index in [2.05, 4.69) is 15.5 Å². The third-order valence-corrected chi connectivity index (χ3v) is 4.70. The highest BCUT2D eigenvalue weighted by molar-refractivity contribution is 8.00. The van der Waals surface area contributed by atoms with Crippen molar-refractivity contribution < 1.29 is 9.32 Å². The van der Waals surface area contributed by atoms with E-state index in [-0.39, 0.29) is 11.2 Å². The van der Waals surface area contributed by atoms with E-state index in [0.29, 0.717) is 5.88 Å². The van der Waals surface area contributed by atoms with Crippen molar-refractivity contribution in [3.05, 3.63) is 48.3 Å². The van der Waals surface area contributed by atoms with Gasteiger partial charge in [0.1, 0.15) is 0 Å². The van der Waals surface area contributed by atoms with Gasteiger partial charge in [0.25, 0.3) is 0 Å². The zero-order valence-corrected chi connectivity index (χ0v) is 14.5. The number of rotatable bonds is 5. The summed E-state index contributed by atoms with van der Waals surface area (Å²) in [6, 6.07) is 11.7. The van der Waals surface area contributed by atoms with Crippen LogP contribution in [0.25, 0.3) is 11.3 Å². The Bertz CT molecular complexity index is 841. The van der Waals surface area contributed by atoms with E-state index in [9.17, 15) is 4.79 Å². The summed E-state index contributed by atoms with van der Waals surface area (Å²) in [5.74, 6) is 0.204. The lowest BCUT2D eigenvalue weighted by atomic mass is 10.2. The lowest BCUT2D eigenvalue weighted by Crippen LogP contribution is -2.22. The predicted octanol–water partition coefficient (Wildman–Crippen LogP) is 3.50. The van der Waals surface area contributed by atoms with Crippen molar-refractivity contribution in [2.24, 2.45) is 7.05 Å². The first-order chi connectivity index (χ1) is 11.5. The molecule has 0 spiro atoms. The number of benzene rings is 1. The number of amides is 1. The van der Waals surface area contributed by atoms with E-state index in [0.717, 1.165) is 22.1 Å². The summed E-state index contributed by atoms with van der Waals surface area (Å²) in [5.41, 5.74) is 2.83. The third kappa shape index (κ3) is 3.51. The summed E-state index contributed by atoms with van der Waals surface area (Å²) in [6.07, 6.45) is 1.82. The van der Waals surface area contributed by atoms with Crippen LogP contribution >= 0.6 is 11.8 Å². The number of imidazole rings is 1. The number of aromatic nitrogens is 3. The Kier molecular flexibility index (Phi) is 4.71. The molecule has 0 saturated heterocycles. The van der Waals surface area contributed by atoms with Gasteiger partial charge in [0.15, 0.2) is 5.16 Å². The SMILES string of the molecule is Cc1cc(NC(=O)C(C)Sc2ncc(-c3ccccc3)n2C)on1. The van der Waals surface area contributed by atoms with Gasteiger partial charge in [0.05, 0.1) is 22.8 Å². The Morgan fingerprint density at radius 2 is 2.08 bits per heavy atom. The second-order valence-electron chi connectivity index (χ2n) is 5.43. The van der Waals surface area contributed by atoms with Crippen LogP contribution in [0, 0.1) is 6.92 Å². The molecule has 0 bridgehead atoms. The van der Waals surface area contributed by atoms with Crippen LogP contribution in [0.2, 0.25) is 0 Å². The molecule has 0 saturated carbocycles. The summed E-state index contributed by atoms with van der Waals surface area (Å²) in [5, 5.41) is 6.93. The lowest BCUT2D eigenvalue weighted by Gasteiger charge is -2.11. The zero-order chi connectivity index (χ0) is 17.1. The molecule has 0 radical (unpaired) electrons. The Hall–Kier alpha value is -2.54. The van der Waals surface area contributed by atoms with Crippen LogP contribution in [0.3, 0.4) is 0 Å². The van der Waals surface area contributed by atoms with Crippen molar-refractivity contribution in [3.63, 3.8) is 0 Å². The number of nitrogens with zero attached hydrogens (tertiary/aromatic N) is 3. The minimum atomic E-state index is -0.319. The van der Waals surface area contributed by atoms with Gasteiger partial charge in [-0.3, -0.25) is 10.1 Å². The highest BCUT2D eigenvalue weighted by Crippen LogP contribution is 2.27. The fraction of sp³-hybridized carbons (Fsp3) is 0.235. The average molecular weight is 342 g/mol. The lowest BCUT2D eigenvalue weighted by molar-refractivity contribution is -0.115. The van der Waals surface area contributed by atoms with Gasteiger partial charge >= 0.3 is 0 Å². The fourth-order valence-electron chi connectivity index (χ4n) is 2.24. The molecule has 6 nitrogen and oxygen atoms in total. The van der Waals surface area contributed by atoms with Crippen LogP contribution in [0.4, 0.5) is 5.88 Å². The molecule has 1 aromatic carbocycles. The molecule has 0 aliphatic carbocycles. The van der Waals surface area contributed by atoms with Crippen LogP contribution in [0.15, 0.2) is 52.3 Å². The maximum absolute atomic E-state index is 12.3. The average Bonchev–Trinajstić information content (AvgIpc) is 3.14. The third-order valence-electron chi connectivity index (χ3n) is 3.54. The van der Waals surface area contributed by atoms with Gasteiger partial charge < -0.3 is 9.09 Å². The van der Waals surface area contributed by atoms with Crippen LogP contribution in [-0.4, -0.2) is 25.9 Å². The summed E-state index contributed by atoms with van der Waals surface area (Å²) in [7, 11) is 1.95. The molecule has 7 heteroatoms. The highest BCUT2D eigenvalue weighted by atomic mass is 32.2. The minimum absolute atomic E-state index is 0.152. The number of carbonyl (C=O) groups is 1. The summed E-state index contributed by atoms with van der Waals surface area (Å²) in [4.78, 5) is 16.7. The topological polar surface area (TPSA) is 73.0 Å². The predicted molar refractivity (Wildman–Crippen MR) is 93.8 cm³/mol. The number of carbonyl (C=O) groups excluding carboxylic acids is 1. The van der Waals surface area contributed by atoms with E-state index in [4.69, 9.17) is 4.52 Å². The molecule has 24 heavy (non-hydrogen) atoms. The molecule has 1 amide bonds. The first-order valence-corrected chi connectivity index (χ1v) is 8.40. The quantitative estimate of drug-likeness (QED) is 0.718. The fourth-order valence-corrected chi connectivity index (χ4v) is 3.09. The molecule has 0 aliphatic heterocycles. The minimum Gasteiger partial charge on any atom is -0.338 e. The maximum atomic E-state index is 12.3. The summed E-state index contributed by atoms with van der Waals surface area (Å²) < 4.78 is 7.00. The van der Waals surface area contributed by atoms with Gasteiger partial charge in [-0.2, -0.15) is 0 Å². The molecule has 2 aromatic heterocycles. The number of nitrogens with one attached hydrogen (secondary N) is 1. The van der Waals surface area contributed by atoms with Gasteiger partial charge in [-0.25, -0.2) is 4.98 Å². The summed E-state index contributed by atoms with van der Waals surface area (Å²) in [6.45, 7) is 3.64. The summed E-state index contributed by atoms with van der Waals surface area (Å²) >= 11 is 1.40. The van der Waals surface area contributed by atoms with Crippen LogP contribution in [0.1, 0.15) is 12.6 Å². The van der Waals surface area contributed by atoms with Crippen molar-refractivity contribution in [1.29, 1.82) is 0 Å². The molecule has 0 aliphatic rings. The Balaban J connectivity index is 1.69. The number of thioether (sulfide) groups is 1. The van der Waals surface area contributed by atoms with Crippen molar-refractivity contribution in [1.82, 2.24) is 14.7 Å². The van der Waals surface area contributed by atoms with Crippen molar-refractivity contribution >= 4 is 23.6 Å². The molecular formula is C17H18N4O2S. The van der Waals surface area contributed by atoms with E-state index in [1.165, 1.54) is 11.8 Å². The number of hydrogen-bond acceptors (Lipinski definition) is 5. The standard InChI is InChI=1S/C17H18N4O2S/c1-11-9-15(23-20-11)19-16(22)12(2)24-17-18-10-14(21(17)3)13-7-5-4-6-8-13/h4-10,12H,1-3H3,(H,19,22). The second kappa shape index (κ2) is 6.92. The highest BCUT2D eigenvalue weighted by Gasteiger charge is 2.19. The number of aryl methyl sites for hydroxylation is 1. The molecule has 3 rings (SSSR count). The van der Waals surface area contributed by atoms with E-state index >= 15 is 0 Å². The van der Waals surface area contributed by atoms with Gasteiger partial charge in [-0.15, -0.1) is 0 Å². The van der Waals surface area contributed by atoms with Crippen molar-refractivity contribution in [2.45, 2.75) is 24.3 Å². The maximum Gasteiger partial charge on any atom is 0.240 e. The van der Waals surface area contributed by atoms with Crippen molar-refractivity contribution in [3.8, 4) is 11.3 Å². The van der Waals surface area contributed by atoms with E-state index in [1.54, 1.807) is 13.0 Å². The van der Waals surface area contributed by atoms with Gasteiger partial charge in [0.2, 0.25) is 11.8 Å². The monoisotopic (exact) mass is 342 g/mol. The normalized spacial score (nSPS) is 12.1. The molecule has 3 aromatic rings. The molecule has 1 N–H and O–H groups in total. The largest absolute Gasteiger partial charge is 0.338 e. The first-order valence-electron chi connectivity index (χ1n) is 7.52. The second-order valence-corrected chi connectivity index (χ2v) is 6.74. The zero-order valence-electron chi connectivity index (χ0n) is 13.7.